The molecular weight excluding hydrogens is 331 g/mol. The second-order valence-electron chi connectivity index (χ2n) is 4.61. The van der Waals surface area contributed by atoms with Gasteiger partial charge >= 0.3 is 6.18 Å². The number of nitrogens with one attached hydrogen (secondary N) is 1. The van der Waals surface area contributed by atoms with Gasteiger partial charge in [-0.15, -0.1) is 0 Å². The van der Waals surface area contributed by atoms with Crippen LogP contribution in [0.2, 0.25) is 5.02 Å². The highest BCUT2D eigenvalue weighted by molar-refractivity contribution is 7.89. The minimum absolute atomic E-state index is 0.0207. The van der Waals surface area contributed by atoms with Crippen LogP contribution in [-0.4, -0.2) is 26.7 Å². The largest absolute Gasteiger partial charge is 0.417 e. The van der Waals surface area contributed by atoms with Crippen molar-refractivity contribution in [3.05, 3.63) is 28.8 Å². The van der Waals surface area contributed by atoms with E-state index in [1.54, 1.807) is 6.92 Å². The summed E-state index contributed by atoms with van der Waals surface area (Å²) in [4.78, 5) is -0.504. The van der Waals surface area contributed by atoms with Gasteiger partial charge in [0.25, 0.3) is 0 Å². The summed E-state index contributed by atoms with van der Waals surface area (Å²) >= 11 is 5.44. The van der Waals surface area contributed by atoms with E-state index in [-0.39, 0.29) is 19.1 Å². The number of halogens is 4. The molecule has 9 heteroatoms. The molecule has 0 bridgehead atoms. The molecule has 0 spiro atoms. The first-order valence-corrected chi connectivity index (χ1v) is 7.91. The number of alkyl halides is 3. The molecule has 1 rings (SSSR count). The van der Waals surface area contributed by atoms with E-state index in [1.165, 1.54) is 0 Å². The third kappa shape index (κ3) is 5.14. The Hall–Kier alpha value is -0.830. The zero-order valence-corrected chi connectivity index (χ0v) is 12.7. The Kier molecular flexibility index (Phi) is 6.03. The van der Waals surface area contributed by atoms with Crippen LogP contribution in [0.15, 0.2) is 23.1 Å². The van der Waals surface area contributed by atoms with Gasteiger partial charge in [-0.05, 0) is 30.5 Å². The molecular formula is C12H15ClF3NO3S. The molecule has 1 atom stereocenters. The zero-order valence-electron chi connectivity index (χ0n) is 11.1. The standard InChI is InChI=1S/C12H15ClF3NO3S/c1-8(4-5-18)7-17-21(19,20)9-2-3-11(13)10(6-9)12(14,15)16/h2-3,6,8,17-18H,4-5,7H2,1H3. The van der Waals surface area contributed by atoms with Crippen LogP contribution in [-0.2, 0) is 16.2 Å². The van der Waals surface area contributed by atoms with Gasteiger partial charge in [-0.3, -0.25) is 0 Å². The molecule has 1 aromatic carbocycles. The lowest BCUT2D eigenvalue weighted by atomic mass is 10.1. The van der Waals surface area contributed by atoms with Crippen molar-refractivity contribution < 1.29 is 26.7 Å². The fourth-order valence-corrected chi connectivity index (χ4v) is 2.96. The van der Waals surface area contributed by atoms with Crippen molar-refractivity contribution in [1.29, 1.82) is 0 Å². The number of aliphatic hydroxyl groups excluding tert-OH is 1. The number of benzene rings is 1. The van der Waals surface area contributed by atoms with Gasteiger partial charge in [0.15, 0.2) is 0 Å². The van der Waals surface area contributed by atoms with E-state index in [2.05, 4.69) is 4.72 Å². The molecule has 0 amide bonds. The Morgan fingerprint density at radius 1 is 1.38 bits per heavy atom. The van der Waals surface area contributed by atoms with Crippen LogP contribution >= 0.6 is 11.6 Å². The van der Waals surface area contributed by atoms with Crippen LogP contribution in [0.3, 0.4) is 0 Å². The summed E-state index contributed by atoms with van der Waals surface area (Å²) in [5.74, 6) is -0.140. The monoisotopic (exact) mass is 345 g/mol. The van der Waals surface area contributed by atoms with E-state index in [9.17, 15) is 21.6 Å². The van der Waals surface area contributed by atoms with E-state index in [1.807, 2.05) is 0 Å². The predicted molar refractivity (Wildman–Crippen MR) is 72.5 cm³/mol. The van der Waals surface area contributed by atoms with Crippen LogP contribution in [0.1, 0.15) is 18.9 Å². The highest BCUT2D eigenvalue weighted by Gasteiger charge is 2.34. The zero-order chi connectivity index (χ0) is 16.3. The minimum Gasteiger partial charge on any atom is -0.396 e. The Balaban J connectivity index is 2.99. The van der Waals surface area contributed by atoms with E-state index < -0.39 is 31.7 Å². The molecule has 0 fully saturated rings. The van der Waals surface area contributed by atoms with Gasteiger partial charge in [-0.1, -0.05) is 18.5 Å². The summed E-state index contributed by atoms with van der Waals surface area (Å²) in [5.41, 5.74) is -1.20. The van der Waals surface area contributed by atoms with E-state index >= 15 is 0 Å². The summed E-state index contributed by atoms with van der Waals surface area (Å²) in [6.45, 7) is 1.64. The molecule has 0 saturated carbocycles. The third-order valence-corrected chi connectivity index (χ3v) is 4.55. The molecule has 4 nitrogen and oxygen atoms in total. The molecule has 1 aromatic rings. The summed E-state index contributed by atoms with van der Waals surface area (Å²) in [6.07, 6.45) is -4.34. The Bertz CT molecular complexity index is 590. The molecule has 0 aliphatic carbocycles. The molecule has 0 saturated heterocycles. The lowest BCUT2D eigenvalue weighted by Crippen LogP contribution is -2.29. The number of hydrogen-bond donors (Lipinski definition) is 2. The number of rotatable bonds is 6. The van der Waals surface area contributed by atoms with Crippen molar-refractivity contribution in [2.45, 2.75) is 24.4 Å². The topological polar surface area (TPSA) is 66.4 Å². The maximum Gasteiger partial charge on any atom is 0.417 e. The number of hydrogen-bond acceptors (Lipinski definition) is 3. The third-order valence-electron chi connectivity index (χ3n) is 2.80. The lowest BCUT2D eigenvalue weighted by Gasteiger charge is -2.14. The Labute approximate surface area is 126 Å². The van der Waals surface area contributed by atoms with Crippen LogP contribution in [0, 0.1) is 5.92 Å². The maximum absolute atomic E-state index is 12.7. The molecule has 0 heterocycles. The van der Waals surface area contributed by atoms with Crippen molar-refractivity contribution in [3.8, 4) is 0 Å². The van der Waals surface area contributed by atoms with Gasteiger partial charge < -0.3 is 5.11 Å². The average molecular weight is 346 g/mol. The normalized spacial score (nSPS) is 14.2. The van der Waals surface area contributed by atoms with Crippen LogP contribution in [0.25, 0.3) is 0 Å². The second kappa shape index (κ2) is 6.95. The summed E-state index contributed by atoms with van der Waals surface area (Å²) < 4.78 is 64.2. The SMILES string of the molecule is CC(CCO)CNS(=O)(=O)c1ccc(Cl)c(C(F)(F)F)c1. The van der Waals surface area contributed by atoms with Gasteiger partial charge in [-0.25, -0.2) is 13.1 Å². The van der Waals surface area contributed by atoms with Crippen molar-refractivity contribution in [2.75, 3.05) is 13.2 Å². The molecule has 21 heavy (non-hydrogen) atoms. The molecule has 0 aromatic heterocycles. The van der Waals surface area contributed by atoms with Gasteiger partial charge in [0.05, 0.1) is 15.5 Å². The highest BCUT2D eigenvalue weighted by Crippen LogP contribution is 2.35. The van der Waals surface area contributed by atoms with Crippen molar-refractivity contribution in [3.63, 3.8) is 0 Å². The van der Waals surface area contributed by atoms with Gasteiger partial charge in [0.1, 0.15) is 0 Å². The first-order valence-electron chi connectivity index (χ1n) is 6.05. The quantitative estimate of drug-likeness (QED) is 0.833. The Morgan fingerprint density at radius 2 is 2.00 bits per heavy atom. The number of sulfonamides is 1. The van der Waals surface area contributed by atoms with E-state index in [0.717, 1.165) is 12.1 Å². The first kappa shape index (κ1) is 18.2. The fourth-order valence-electron chi connectivity index (χ4n) is 1.55. The molecule has 0 aliphatic heterocycles. The van der Waals surface area contributed by atoms with Crippen LogP contribution in [0.5, 0.6) is 0 Å². The summed E-state index contributed by atoms with van der Waals surface area (Å²) in [7, 11) is -4.06. The predicted octanol–water partition coefficient (Wildman–Crippen LogP) is 2.66. The molecule has 2 N–H and O–H groups in total. The van der Waals surface area contributed by atoms with Gasteiger partial charge in [0, 0.05) is 13.2 Å². The van der Waals surface area contributed by atoms with Crippen molar-refractivity contribution in [1.82, 2.24) is 4.72 Å². The average Bonchev–Trinajstić information content (AvgIpc) is 2.36. The lowest BCUT2D eigenvalue weighted by molar-refractivity contribution is -0.137. The molecule has 120 valence electrons. The smallest absolute Gasteiger partial charge is 0.396 e. The molecule has 1 unspecified atom stereocenters. The fraction of sp³-hybridized carbons (Fsp3) is 0.500. The first-order chi connectivity index (χ1) is 9.58. The maximum atomic E-state index is 12.7. The molecule has 0 aliphatic rings. The van der Waals surface area contributed by atoms with Gasteiger partial charge in [-0.2, -0.15) is 13.2 Å². The molecule has 0 radical (unpaired) electrons. The van der Waals surface area contributed by atoms with Crippen LogP contribution < -0.4 is 4.72 Å². The van der Waals surface area contributed by atoms with Crippen molar-refractivity contribution in [2.24, 2.45) is 5.92 Å². The highest BCUT2D eigenvalue weighted by atomic mass is 35.5. The second-order valence-corrected chi connectivity index (χ2v) is 6.78. The van der Waals surface area contributed by atoms with E-state index in [4.69, 9.17) is 16.7 Å². The number of aliphatic hydroxyl groups is 1. The summed E-state index contributed by atoms with van der Waals surface area (Å²) in [5, 5.41) is 8.16. The van der Waals surface area contributed by atoms with E-state index in [0.29, 0.717) is 12.5 Å². The van der Waals surface area contributed by atoms with Gasteiger partial charge in [0.2, 0.25) is 10.0 Å². The summed E-state index contributed by atoms with van der Waals surface area (Å²) in [6, 6.07) is 2.41. The van der Waals surface area contributed by atoms with Crippen LogP contribution in [0.4, 0.5) is 13.2 Å². The Morgan fingerprint density at radius 3 is 2.52 bits per heavy atom. The minimum atomic E-state index is -4.73. The van der Waals surface area contributed by atoms with Crippen molar-refractivity contribution >= 4 is 21.6 Å².